The fourth-order valence-corrected chi connectivity index (χ4v) is 3.15. The van der Waals surface area contributed by atoms with Crippen molar-refractivity contribution in [3.05, 3.63) is 64.7 Å². The fourth-order valence-electron chi connectivity index (χ4n) is 3.15. The number of anilines is 1. The largest absolute Gasteiger partial charge is 0.435 e. The van der Waals surface area contributed by atoms with Gasteiger partial charge in [-0.2, -0.15) is 8.78 Å². The third kappa shape index (κ3) is 3.15. The van der Waals surface area contributed by atoms with Gasteiger partial charge in [0.2, 0.25) is 5.78 Å². The molecule has 0 aliphatic carbocycles. The van der Waals surface area contributed by atoms with Crippen molar-refractivity contribution >= 4 is 22.4 Å². The maximum atomic E-state index is 12.7. The van der Waals surface area contributed by atoms with Crippen LogP contribution < -0.4 is 15.6 Å². The molecular formula is C19H17F2N5O2. The molecule has 2 aromatic carbocycles. The van der Waals surface area contributed by atoms with E-state index in [4.69, 9.17) is 0 Å². The van der Waals surface area contributed by atoms with Crippen LogP contribution in [0.3, 0.4) is 0 Å². The molecule has 144 valence electrons. The highest BCUT2D eigenvalue weighted by molar-refractivity contribution is 5.80. The summed E-state index contributed by atoms with van der Waals surface area (Å²) in [6.07, 6.45) is 0. The van der Waals surface area contributed by atoms with Crippen molar-refractivity contribution in [2.75, 3.05) is 5.32 Å². The van der Waals surface area contributed by atoms with Gasteiger partial charge in [0.15, 0.2) is 5.82 Å². The van der Waals surface area contributed by atoms with E-state index in [1.54, 1.807) is 22.8 Å². The van der Waals surface area contributed by atoms with Crippen LogP contribution in [0, 0.1) is 0 Å². The lowest BCUT2D eigenvalue weighted by Crippen LogP contribution is -2.22. The van der Waals surface area contributed by atoms with Crippen molar-refractivity contribution in [1.29, 1.82) is 0 Å². The van der Waals surface area contributed by atoms with Crippen LogP contribution in [0.2, 0.25) is 0 Å². The second-order valence-corrected chi connectivity index (χ2v) is 6.07. The molecule has 28 heavy (non-hydrogen) atoms. The van der Waals surface area contributed by atoms with E-state index in [9.17, 15) is 13.6 Å². The zero-order valence-corrected chi connectivity index (χ0v) is 15.0. The average Bonchev–Trinajstić information content (AvgIpc) is 3.11. The molecule has 0 unspecified atom stereocenters. The molecule has 9 heteroatoms. The van der Waals surface area contributed by atoms with E-state index in [1.807, 2.05) is 29.5 Å². The Morgan fingerprint density at radius 2 is 1.86 bits per heavy atom. The average molecular weight is 385 g/mol. The van der Waals surface area contributed by atoms with E-state index in [0.717, 1.165) is 5.52 Å². The number of ether oxygens (including phenoxy) is 1. The number of rotatable bonds is 6. The van der Waals surface area contributed by atoms with E-state index < -0.39 is 6.61 Å². The standard InChI is InChI=1S/C19H17F2N5O2/c1-2-25-17(27)14-5-3-4-6-15(14)26-16(23-24-19(25)26)11-22-12-7-9-13(10-8-12)28-18(20)21/h3-10,18,22H,2,11H2,1H3. The number of benzene rings is 2. The van der Waals surface area contributed by atoms with Crippen LogP contribution in [0.25, 0.3) is 16.7 Å². The molecule has 0 radical (unpaired) electrons. The Labute approximate surface area is 158 Å². The smallest absolute Gasteiger partial charge is 0.387 e. The molecule has 1 N–H and O–H groups in total. The maximum Gasteiger partial charge on any atom is 0.387 e. The summed E-state index contributed by atoms with van der Waals surface area (Å²) < 4.78 is 32.3. The van der Waals surface area contributed by atoms with E-state index in [2.05, 4.69) is 20.3 Å². The minimum atomic E-state index is -2.86. The normalized spacial score (nSPS) is 11.4. The topological polar surface area (TPSA) is 73.5 Å². The van der Waals surface area contributed by atoms with Crippen molar-refractivity contribution in [1.82, 2.24) is 19.2 Å². The molecule has 0 aliphatic rings. The lowest BCUT2D eigenvalue weighted by atomic mass is 10.2. The van der Waals surface area contributed by atoms with Gasteiger partial charge < -0.3 is 10.1 Å². The number of nitrogens with one attached hydrogen (secondary N) is 1. The monoisotopic (exact) mass is 385 g/mol. The zero-order valence-electron chi connectivity index (χ0n) is 15.0. The molecular weight excluding hydrogens is 368 g/mol. The predicted octanol–water partition coefficient (Wildman–Crippen LogP) is 3.28. The summed E-state index contributed by atoms with van der Waals surface area (Å²) in [7, 11) is 0. The molecule has 2 heterocycles. The Balaban J connectivity index is 1.68. The van der Waals surface area contributed by atoms with Crippen LogP contribution in [0.1, 0.15) is 12.7 Å². The third-order valence-corrected chi connectivity index (χ3v) is 4.42. The van der Waals surface area contributed by atoms with Crippen molar-refractivity contribution in [3.63, 3.8) is 0 Å². The van der Waals surface area contributed by atoms with Gasteiger partial charge in [0.05, 0.1) is 17.4 Å². The van der Waals surface area contributed by atoms with Gasteiger partial charge in [-0.05, 0) is 43.3 Å². The molecule has 0 bridgehead atoms. The summed E-state index contributed by atoms with van der Waals surface area (Å²) in [5, 5.41) is 12.2. The number of hydrogen-bond acceptors (Lipinski definition) is 5. The van der Waals surface area contributed by atoms with Crippen LogP contribution in [-0.2, 0) is 13.1 Å². The molecule has 0 spiro atoms. The van der Waals surface area contributed by atoms with E-state index in [1.165, 1.54) is 12.1 Å². The van der Waals surface area contributed by atoms with Crippen molar-refractivity contribution in [2.24, 2.45) is 0 Å². The number of para-hydroxylation sites is 1. The Hall–Kier alpha value is -3.49. The molecule has 4 rings (SSSR count). The van der Waals surface area contributed by atoms with Gasteiger partial charge >= 0.3 is 6.61 Å². The zero-order chi connectivity index (χ0) is 19.7. The first-order chi connectivity index (χ1) is 13.6. The molecule has 0 atom stereocenters. The number of fused-ring (bicyclic) bond motifs is 3. The van der Waals surface area contributed by atoms with Gasteiger partial charge in [0, 0.05) is 12.2 Å². The molecule has 0 saturated carbocycles. The van der Waals surface area contributed by atoms with E-state index >= 15 is 0 Å². The van der Waals surface area contributed by atoms with E-state index in [-0.39, 0.29) is 11.3 Å². The fraction of sp³-hybridized carbons (Fsp3) is 0.211. The number of alkyl halides is 2. The number of nitrogens with zero attached hydrogens (tertiary/aromatic N) is 4. The van der Waals surface area contributed by atoms with Crippen LogP contribution in [0.4, 0.5) is 14.5 Å². The summed E-state index contributed by atoms with van der Waals surface area (Å²) in [6.45, 7) is -0.163. The Kier molecular flexibility index (Phi) is 4.64. The third-order valence-electron chi connectivity index (χ3n) is 4.42. The molecule has 0 aliphatic heterocycles. The number of hydrogen-bond donors (Lipinski definition) is 1. The molecule has 2 aromatic heterocycles. The number of halogens is 2. The molecule has 4 aromatic rings. The highest BCUT2D eigenvalue weighted by Gasteiger charge is 2.15. The van der Waals surface area contributed by atoms with Gasteiger partial charge in [-0.3, -0.25) is 13.8 Å². The van der Waals surface area contributed by atoms with Gasteiger partial charge in [-0.25, -0.2) is 0 Å². The summed E-state index contributed by atoms with van der Waals surface area (Å²) in [6, 6.07) is 13.5. The van der Waals surface area contributed by atoms with Crippen LogP contribution in [-0.4, -0.2) is 25.8 Å². The van der Waals surface area contributed by atoms with Crippen LogP contribution >= 0.6 is 0 Å². The quantitative estimate of drug-likeness (QED) is 0.551. The summed E-state index contributed by atoms with van der Waals surface area (Å²) in [4.78, 5) is 12.7. The second kappa shape index (κ2) is 7.26. The SMILES string of the molecule is CCn1c(=O)c2ccccc2n2c(CNc3ccc(OC(F)F)cc3)nnc12. The first kappa shape index (κ1) is 17.9. The highest BCUT2D eigenvalue weighted by atomic mass is 19.3. The molecule has 0 fully saturated rings. The van der Waals surface area contributed by atoms with Gasteiger partial charge in [0.1, 0.15) is 5.75 Å². The van der Waals surface area contributed by atoms with Crippen LogP contribution in [0.15, 0.2) is 53.3 Å². The molecule has 0 saturated heterocycles. The second-order valence-electron chi connectivity index (χ2n) is 6.07. The van der Waals surface area contributed by atoms with Gasteiger partial charge in [0.25, 0.3) is 5.56 Å². The van der Waals surface area contributed by atoms with Gasteiger partial charge in [-0.15, -0.1) is 10.2 Å². The maximum absolute atomic E-state index is 12.7. The first-order valence-electron chi connectivity index (χ1n) is 8.72. The lowest BCUT2D eigenvalue weighted by molar-refractivity contribution is -0.0498. The van der Waals surface area contributed by atoms with Crippen molar-refractivity contribution in [2.45, 2.75) is 26.6 Å². The Morgan fingerprint density at radius 1 is 1.11 bits per heavy atom. The Bertz CT molecular complexity index is 1180. The van der Waals surface area contributed by atoms with Crippen molar-refractivity contribution < 1.29 is 13.5 Å². The first-order valence-corrected chi connectivity index (χ1v) is 8.72. The summed E-state index contributed by atoms with van der Waals surface area (Å²) in [5.41, 5.74) is 1.34. The summed E-state index contributed by atoms with van der Waals surface area (Å²) >= 11 is 0. The van der Waals surface area contributed by atoms with Gasteiger partial charge in [-0.1, -0.05) is 12.1 Å². The minimum Gasteiger partial charge on any atom is -0.435 e. The number of aromatic nitrogens is 4. The van der Waals surface area contributed by atoms with E-state index in [0.29, 0.717) is 35.8 Å². The lowest BCUT2D eigenvalue weighted by Gasteiger charge is -2.11. The predicted molar refractivity (Wildman–Crippen MR) is 101 cm³/mol. The highest BCUT2D eigenvalue weighted by Crippen LogP contribution is 2.19. The molecule has 0 amide bonds. The Morgan fingerprint density at radius 3 is 2.57 bits per heavy atom. The van der Waals surface area contributed by atoms with Crippen LogP contribution in [0.5, 0.6) is 5.75 Å². The van der Waals surface area contributed by atoms with Crippen molar-refractivity contribution in [3.8, 4) is 5.75 Å². The summed E-state index contributed by atoms with van der Waals surface area (Å²) in [5.74, 6) is 1.19. The number of aryl methyl sites for hydroxylation is 1. The minimum absolute atomic E-state index is 0.0893. The molecule has 7 nitrogen and oxygen atoms in total.